The first-order valence-electron chi connectivity index (χ1n) is 9.13. The molecule has 6 nitrogen and oxygen atoms in total. The third-order valence-corrected chi connectivity index (χ3v) is 4.02. The van der Waals surface area contributed by atoms with Crippen molar-refractivity contribution in [3.63, 3.8) is 0 Å². The Balaban J connectivity index is 2.38. The van der Waals surface area contributed by atoms with Gasteiger partial charge < -0.3 is 20.6 Å². The molecular formula is C20H30N2O4. The standard InChI is InChI=1S/C20H30N2O4/c1-15(23)6-4-3-5-7-17-8-11-19(12-9-17)26-14-18(22-16(2)24)10-13-20(21)25/h8-9,11-12,18H,3-7,10,13-14H2,1-2H3,(H2,21,25)(H,22,24)/t18-/m0/s1. The molecule has 0 aromatic heterocycles. The number of nitrogens with two attached hydrogens (primary N) is 1. The second kappa shape index (κ2) is 12.1. The normalized spacial score (nSPS) is 11.6. The highest BCUT2D eigenvalue weighted by atomic mass is 16.5. The van der Waals surface area contributed by atoms with Crippen molar-refractivity contribution >= 4 is 17.6 Å². The molecule has 1 aromatic carbocycles. The van der Waals surface area contributed by atoms with E-state index in [-0.39, 0.29) is 30.8 Å². The van der Waals surface area contributed by atoms with Gasteiger partial charge >= 0.3 is 0 Å². The number of carbonyl (C=O) groups is 3. The summed E-state index contributed by atoms with van der Waals surface area (Å²) < 4.78 is 5.72. The van der Waals surface area contributed by atoms with Crippen LogP contribution in [0, 0.1) is 0 Å². The monoisotopic (exact) mass is 362 g/mol. The molecule has 0 unspecified atom stereocenters. The van der Waals surface area contributed by atoms with Crippen molar-refractivity contribution in [1.29, 1.82) is 0 Å². The molecule has 1 atom stereocenters. The highest BCUT2D eigenvalue weighted by molar-refractivity contribution is 5.75. The zero-order valence-electron chi connectivity index (χ0n) is 15.8. The molecule has 0 fully saturated rings. The summed E-state index contributed by atoms with van der Waals surface area (Å²) in [5.41, 5.74) is 6.39. The molecule has 0 spiro atoms. The Bertz CT molecular complexity index is 584. The Morgan fingerprint density at radius 2 is 1.73 bits per heavy atom. The van der Waals surface area contributed by atoms with Crippen molar-refractivity contribution in [2.45, 2.75) is 64.8 Å². The van der Waals surface area contributed by atoms with Gasteiger partial charge in [0.2, 0.25) is 11.8 Å². The Hall–Kier alpha value is -2.37. The van der Waals surface area contributed by atoms with E-state index in [1.807, 2.05) is 24.3 Å². The van der Waals surface area contributed by atoms with Crippen molar-refractivity contribution < 1.29 is 19.1 Å². The molecule has 0 aliphatic heterocycles. The molecule has 0 radical (unpaired) electrons. The SMILES string of the molecule is CC(=O)CCCCCc1ccc(OC[C@H](CCC(N)=O)NC(C)=O)cc1. The van der Waals surface area contributed by atoms with Gasteiger partial charge in [-0.05, 0) is 50.3 Å². The van der Waals surface area contributed by atoms with Gasteiger partial charge in [0.15, 0.2) is 0 Å². The van der Waals surface area contributed by atoms with Gasteiger partial charge in [-0.1, -0.05) is 18.6 Å². The summed E-state index contributed by atoms with van der Waals surface area (Å²) in [6, 6.07) is 7.61. The van der Waals surface area contributed by atoms with Crippen LogP contribution >= 0.6 is 0 Å². The lowest BCUT2D eigenvalue weighted by molar-refractivity contribution is -0.121. The average Bonchev–Trinajstić information content (AvgIpc) is 2.57. The molecule has 0 aliphatic carbocycles. The maximum absolute atomic E-state index is 11.2. The molecule has 0 saturated heterocycles. The molecule has 144 valence electrons. The quantitative estimate of drug-likeness (QED) is 0.527. The molecule has 6 heteroatoms. The van der Waals surface area contributed by atoms with Crippen LogP contribution in [0.25, 0.3) is 0 Å². The van der Waals surface area contributed by atoms with Crippen LogP contribution in [-0.2, 0) is 20.8 Å². The molecule has 0 bridgehead atoms. The first kappa shape index (κ1) is 21.7. The number of rotatable bonds is 13. The van der Waals surface area contributed by atoms with E-state index in [4.69, 9.17) is 10.5 Å². The van der Waals surface area contributed by atoms with Gasteiger partial charge in [-0.3, -0.25) is 9.59 Å². The molecule has 0 saturated carbocycles. The van der Waals surface area contributed by atoms with Crippen LogP contribution in [0.2, 0.25) is 0 Å². The molecule has 1 aromatic rings. The number of ketones is 1. The third-order valence-electron chi connectivity index (χ3n) is 4.02. The van der Waals surface area contributed by atoms with Crippen LogP contribution in [-0.4, -0.2) is 30.2 Å². The fourth-order valence-electron chi connectivity index (χ4n) is 2.63. The van der Waals surface area contributed by atoms with Crippen LogP contribution in [0.15, 0.2) is 24.3 Å². The molecule has 3 N–H and O–H groups in total. The van der Waals surface area contributed by atoms with Gasteiger partial charge in [0.1, 0.15) is 18.1 Å². The molecule has 0 aliphatic rings. The average molecular weight is 362 g/mol. The number of hydrogen-bond donors (Lipinski definition) is 2. The fourth-order valence-corrected chi connectivity index (χ4v) is 2.63. The second-order valence-corrected chi connectivity index (χ2v) is 6.62. The van der Waals surface area contributed by atoms with E-state index >= 15 is 0 Å². The zero-order valence-corrected chi connectivity index (χ0v) is 15.8. The number of amides is 2. The van der Waals surface area contributed by atoms with Gasteiger partial charge in [0.05, 0.1) is 6.04 Å². The second-order valence-electron chi connectivity index (χ2n) is 6.62. The highest BCUT2D eigenvalue weighted by Crippen LogP contribution is 2.15. The fraction of sp³-hybridized carbons (Fsp3) is 0.550. The largest absolute Gasteiger partial charge is 0.491 e. The van der Waals surface area contributed by atoms with E-state index in [1.54, 1.807) is 6.92 Å². The Morgan fingerprint density at radius 3 is 2.31 bits per heavy atom. The maximum Gasteiger partial charge on any atom is 0.217 e. The molecule has 26 heavy (non-hydrogen) atoms. The Kier molecular flexibility index (Phi) is 10.1. The number of nitrogens with one attached hydrogen (secondary N) is 1. The van der Waals surface area contributed by atoms with E-state index in [9.17, 15) is 14.4 Å². The van der Waals surface area contributed by atoms with Gasteiger partial charge in [0, 0.05) is 19.8 Å². The van der Waals surface area contributed by atoms with Crippen LogP contribution in [0.1, 0.15) is 57.9 Å². The van der Waals surface area contributed by atoms with Gasteiger partial charge in [-0.2, -0.15) is 0 Å². The van der Waals surface area contributed by atoms with Gasteiger partial charge in [-0.25, -0.2) is 0 Å². The van der Waals surface area contributed by atoms with Crippen LogP contribution in [0.3, 0.4) is 0 Å². The van der Waals surface area contributed by atoms with E-state index in [1.165, 1.54) is 12.5 Å². The summed E-state index contributed by atoms with van der Waals surface area (Å²) in [4.78, 5) is 33.0. The van der Waals surface area contributed by atoms with Crippen LogP contribution in [0.4, 0.5) is 0 Å². The lowest BCUT2D eigenvalue weighted by Gasteiger charge is -2.18. The van der Waals surface area contributed by atoms with Crippen molar-refractivity contribution in [1.82, 2.24) is 5.32 Å². The molecular weight excluding hydrogens is 332 g/mol. The number of benzene rings is 1. The first-order valence-corrected chi connectivity index (χ1v) is 9.13. The predicted molar refractivity (Wildman–Crippen MR) is 101 cm³/mol. The molecule has 1 rings (SSSR count). The summed E-state index contributed by atoms with van der Waals surface area (Å²) in [5.74, 6) is 0.413. The maximum atomic E-state index is 11.2. The summed E-state index contributed by atoms with van der Waals surface area (Å²) in [7, 11) is 0. The summed E-state index contributed by atoms with van der Waals surface area (Å²) in [6.45, 7) is 3.35. The number of primary amides is 1. The summed E-state index contributed by atoms with van der Waals surface area (Å²) in [6.07, 6.45) is 5.36. The van der Waals surface area contributed by atoms with Crippen molar-refractivity contribution in [2.24, 2.45) is 5.73 Å². The molecule has 2 amide bonds. The number of Topliss-reactive ketones (excluding diaryl/α,β-unsaturated/α-hetero) is 1. The van der Waals surface area contributed by atoms with Crippen molar-refractivity contribution in [2.75, 3.05) is 6.61 Å². The number of aryl methyl sites for hydroxylation is 1. The minimum absolute atomic E-state index is 0.164. The highest BCUT2D eigenvalue weighted by Gasteiger charge is 2.12. The van der Waals surface area contributed by atoms with Gasteiger partial charge in [0.25, 0.3) is 0 Å². The lowest BCUT2D eigenvalue weighted by Crippen LogP contribution is -2.38. The number of carbonyl (C=O) groups excluding carboxylic acids is 3. The van der Waals surface area contributed by atoms with E-state index in [2.05, 4.69) is 5.32 Å². The summed E-state index contributed by atoms with van der Waals surface area (Å²) >= 11 is 0. The smallest absolute Gasteiger partial charge is 0.217 e. The lowest BCUT2D eigenvalue weighted by atomic mass is 10.1. The third kappa shape index (κ3) is 10.5. The van der Waals surface area contributed by atoms with E-state index in [0.717, 1.165) is 31.4 Å². The molecule has 0 heterocycles. The minimum Gasteiger partial charge on any atom is -0.491 e. The van der Waals surface area contributed by atoms with Crippen molar-refractivity contribution in [3.8, 4) is 5.75 Å². The zero-order chi connectivity index (χ0) is 19.4. The van der Waals surface area contributed by atoms with Gasteiger partial charge in [-0.15, -0.1) is 0 Å². The van der Waals surface area contributed by atoms with Crippen LogP contribution in [0.5, 0.6) is 5.75 Å². The summed E-state index contributed by atoms with van der Waals surface area (Å²) in [5, 5.41) is 2.77. The number of hydrogen-bond acceptors (Lipinski definition) is 4. The Labute approximate surface area is 155 Å². The van der Waals surface area contributed by atoms with E-state index < -0.39 is 5.91 Å². The van der Waals surface area contributed by atoms with Crippen molar-refractivity contribution in [3.05, 3.63) is 29.8 Å². The topological polar surface area (TPSA) is 98.5 Å². The number of unbranched alkanes of at least 4 members (excludes halogenated alkanes) is 2. The first-order chi connectivity index (χ1) is 12.4. The van der Waals surface area contributed by atoms with Crippen LogP contribution < -0.4 is 15.8 Å². The van der Waals surface area contributed by atoms with E-state index in [0.29, 0.717) is 12.8 Å². The number of ether oxygens (including phenoxy) is 1. The Morgan fingerprint density at radius 1 is 1.04 bits per heavy atom. The predicted octanol–water partition coefficient (Wildman–Crippen LogP) is 2.53. The minimum atomic E-state index is -0.395.